The van der Waals surface area contributed by atoms with Crippen LogP contribution in [0, 0.1) is 13.8 Å². The molecule has 4 nitrogen and oxygen atoms in total. The maximum Gasteiger partial charge on any atom is 0.244 e. The van der Waals surface area contributed by atoms with Crippen LogP contribution >= 0.6 is 12.4 Å². The van der Waals surface area contributed by atoms with Gasteiger partial charge in [-0.2, -0.15) is 0 Å². The highest BCUT2D eigenvalue weighted by Crippen LogP contribution is 2.22. The molecule has 1 unspecified atom stereocenters. The van der Waals surface area contributed by atoms with Gasteiger partial charge in [-0.1, -0.05) is 47.5 Å². The molecule has 2 N–H and O–H groups in total. The molecule has 0 aromatic heterocycles. The summed E-state index contributed by atoms with van der Waals surface area (Å²) in [5.41, 5.74) is 9.42. The number of carbonyl (C=O) groups is 1. The van der Waals surface area contributed by atoms with Gasteiger partial charge in [-0.3, -0.25) is 4.79 Å². The van der Waals surface area contributed by atoms with Crippen LogP contribution in [0.2, 0.25) is 0 Å². The molecule has 5 heteroatoms. The molecule has 0 spiro atoms. The molecule has 1 atom stereocenters. The fourth-order valence-corrected chi connectivity index (χ4v) is 3.12. The minimum Gasteiger partial charge on any atom is -0.490 e. The first-order valence-electron chi connectivity index (χ1n) is 8.87. The van der Waals surface area contributed by atoms with E-state index in [1.165, 1.54) is 5.56 Å². The second-order valence-electron chi connectivity index (χ2n) is 6.84. The number of carbonyl (C=O) groups excluding carboxylic acids is 1. The number of ether oxygens (including phenoxy) is 1. The molecule has 1 heterocycles. The first kappa shape index (κ1) is 20.3. The van der Waals surface area contributed by atoms with E-state index < -0.39 is 6.04 Å². The van der Waals surface area contributed by atoms with Crippen LogP contribution in [0.5, 0.6) is 5.75 Å². The van der Waals surface area contributed by atoms with E-state index in [2.05, 4.69) is 19.1 Å². The van der Waals surface area contributed by atoms with Gasteiger partial charge in [0.15, 0.2) is 0 Å². The Morgan fingerprint density at radius 1 is 1.00 bits per heavy atom. The zero-order valence-corrected chi connectivity index (χ0v) is 16.2. The number of nitrogens with zero attached hydrogens (tertiary/aromatic N) is 1. The van der Waals surface area contributed by atoms with Crippen LogP contribution in [-0.4, -0.2) is 30.0 Å². The first-order chi connectivity index (χ1) is 12.0. The lowest BCUT2D eigenvalue weighted by Gasteiger charge is -2.33. The Bertz CT molecular complexity index is 708. The van der Waals surface area contributed by atoms with Gasteiger partial charge in [-0.25, -0.2) is 0 Å². The summed E-state index contributed by atoms with van der Waals surface area (Å²) >= 11 is 0. The van der Waals surface area contributed by atoms with Crippen LogP contribution in [0.3, 0.4) is 0 Å². The average molecular weight is 375 g/mol. The third-order valence-corrected chi connectivity index (χ3v) is 4.78. The fourth-order valence-electron chi connectivity index (χ4n) is 3.12. The molecule has 0 radical (unpaired) electrons. The standard InChI is InChI=1S/C21H26N2O2.ClH/c1-15-3-7-17(8-4-15)20(22)21(24)23-13-11-19(12-14-23)25-18-9-5-16(2)6-10-18;/h3-10,19-20H,11-14,22H2,1-2H3;1H. The number of halogens is 1. The molecule has 140 valence electrons. The largest absolute Gasteiger partial charge is 0.490 e. The molecule has 3 rings (SSSR count). The zero-order valence-electron chi connectivity index (χ0n) is 15.4. The number of hydrogen-bond acceptors (Lipinski definition) is 3. The number of amides is 1. The Balaban J connectivity index is 0.00000243. The number of piperidine rings is 1. The quantitative estimate of drug-likeness (QED) is 0.885. The van der Waals surface area contributed by atoms with E-state index in [4.69, 9.17) is 10.5 Å². The van der Waals surface area contributed by atoms with Crippen LogP contribution < -0.4 is 10.5 Å². The summed E-state index contributed by atoms with van der Waals surface area (Å²) in [5.74, 6) is 0.893. The summed E-state index contributed by atoms with van der Waals surface area (Å²) in [6.07, 6.45) is 1.82. The summed E-state index contributed by atoms with van der Waals surface area (Å²) in [7, 11) is 0. The van der Waals surface area contributed by atoms with Gasteiger partial charge in [0.1, 0.15) is 17.9 Å². The van der Waals surface area contributed by atoms with Crippen LogP contribution in [0.25, 0.3) is 0 Å². The predicted octanol–water partition coefficient (Wildman–Crippen LogP) is 3.80. The predicted molar refractivity (Wildman–Crippen MR) is 107 cm³/mol. The maximum absolute atomic E-state index is 12.6. The molecular weight excluding hydrogens is 348 g/mol. The Kier molecular flexibility index (Phi) is 7.06. The summed E-state index contributed by atoms with van der Waals surface area (Å²) in [6, 6.07) is 15.4. The van der Waals surface area contributed by atoms with E-state index in [0.717, 1.165) is 29.7 Å². The fraction of sp³-hybridized carbons (Fsp3) is 0.381. The van der Waals surface area contributed by atoms with E-state index in [-0.39, 0.29) is 24.4 Å². The van der Waals surface area contributed by atoms with Gasteiger partial charge >= 0.3 is 0 Å². The van der Waals surface area contributed by atoms with Crippen molar-refractivity contribution in [3.63, 3.8) is 0 Å². The Labute approximate surface area is 161 Å². The van der Waals surface area contributed by atoms with Gasteiger partial charge in [-0.15, -0.1) is 12.4 Å². The lowest BCUT2D eigenvalue weighted by atomic mass is 10.0. The Morgan fingerprint density at radius 2 is 1.50 bits per heavy atom. The monoisotopic (exact) mass is 374 g/mol. The number of nitrogens with two attached hydrogens (primary N) is 1. The highest BCUT2D eigenvalue weighted by atomic mass is 35.5. The number of aryl methyl sites for hydroxylation is 2. The van der Waals surface area contributed by atoms with Gasteiger partial charge in [0.2, 0.25) is 5.91 Å². The van der Waals surface area contributed by atoms with Crippen molar-refractivity contribution in [2.45, 2.75) is 38.8 Å². The highest BCUT2D eigenvalue weighted by Gasteiger charge is 2.27. The van der Waals surface area contributed by atoms with E-state index in [9.17, 15) is 4.79 Å². The lowest BCUT2D eigenvalue weighted by Crippen LogP contribution is -2.45. The van der Waals surface area contributed by atoms with E-state index in [0.29, 0.717) is 13.1 Å². The molecule has 26 heavy (non-hydrogen) atoms. The van der Waals surface area contributed by atoms with E-state index in [1.807, 2.05) is 48.2 Å². The zero-order chi connectivity index (χ0) is 17.8. The van der Waals surface area contributed by atoms with Crippen molar-refractivity contribution in [1.82, 2.24) is 4.90 Å². The smallest absolute Gasteiger partial charge is 0.244 e. The summed E-state index contributed by atoms with van der Waals surface area (Å²) in [6.45, 7) is 5.46. The molecular formula is C21H27ClN2O2. The number of hydrogen-bond donors (Lipinski definition) is 1. The van der Waals surface area contributed by atoms with Gasteiger partial charge in [-0.05, 0) is 31.5 Å². The molecule has 2 aromatic rings. The topological polar surface area (TPSA) is 55.6 Å². The van der Waals surface area contributed by atoms with Crippen molar-refractivity contribution in [3.8, 4) is 5.75 Å². The SMILES string of the molecule is Cc1ccc(OC2CCN(C(=O)C(N)c3ccc(C)cc3)CC2)cc1.Cl. The molecule has 1 aliphatic heterocycles. The highest BCUT2D eigenvalue weighted by molar-refractivity contribution is 5.85. The normalized spacial score (nSPS) is 15.9. The Hall–Kier alpha value is -2.04. The van der Waals surface area contributed by atoms with Crippen molar-refractivity contribution in [2.75, 3.05) is 13.1 Å². The molecule has 1 amide bonds. The van der Waals surface area contributed by atoms with Gasteiger partial charge in [0, 0.05) is 25.9 Å². The van der Waals surface area contributed by atoms with Crippen LogP contribution in [-0.2, 0) is 4.79 Å². The van der Waals surface area contributed by atoms with E-state index in [1.54, 1.807) is 0 Å². The average Bonchev–Trinajstić information content (AvgIpc) is 2.64. The van der Waals surface area contributed by atoms with Gasteiger partial charge < -0.3 is 15.4 Å². The molecule has 1 saturated heterocycles. The maximum atomic E-state index is 12.6. The van der Waals surface area contributed by atoms with Crippen molar-refractivity contribution in [3.05, 3.63) is 65.2 Å². The van der Waals surface area contributed by atoms with Crippen molar-refractivity contribution in [1.29, 1.82) is 0 Å². The third kappa shape index (κ3) is 4.99. The Morgan fingerprint density at radius 3 is 2.04 bits per heavy atom. The number of benzene rings is 2. The van der Waals surface area contributed by atoms with Gasteiger partial charge in [0.05, 0.1) is 0 Å². The minimum atomic E-state index is -0.588. The second kappa shape index (κ2) is 9.06. The summed E-state index contributed by atoms with van der Waals surface area (Å²) in [4.78, 5) is 14.5. The van der Waals surface area contributed by atoms with Crippen molar-refractivity contribution in [2.24, 2.45) is 5.73 Å². The van der Waals surface area contributed by atoms with Crippen LogP contribution in [0.15, 0.2) is 48.5 Å². The van der Waals surface area contributed by atoms with Crippen molar-refractivity contribution >= 4 is 18.3 Å². The molecule has 0 saturated carbocycles. The van der Waals surface area contributed by atoms with E-state index >= 15 is 0 Å². The van der Waals surface area contributed by atoms with Crippen LogP contribution in [0.4, 0.5) is 0 Å². The number of rotatable bonds is 4. The second-order valence-corrected chi connectivity index (χ2v) is 6.84. The van der Waals surface area contributed by atoms with Gasteiger partial charge in [0.25, 0.3) is 0 Å². The minimum absolute atomic E-state index is 0. The number of likely N-dealkylation sites (tertiary alicyclic amines) is 1. The first-order valence-corrected chi connectivity index (χ1v) is 8.87. The molecule has 1 aliphatic rings. The summed E-state index contributed by atoms with van der Waals surface area (Å²) < 4.78 is 6.03. The van der Waals surface area contributed by atoms with Crippen molar-refractivity contribution < 1.29 is 9.53 Å². The molecule has 0 bridgehead atoms. The summed E-state index contributed by atoms with van der Waals surface area (Å²) in [5, 5.41) is 0. The molecule has 0 aliphatic carbocycles. The lowest BCUT2D eigenvalue weighted by molar-refractivity contribution is -0.134. The molecule has 1 fully saturated rings. The third-order valence-electron chi connectivity index (χ3n) is 4.78. The molecule has 2 aromatic carbocycles. The van der Waals surface area contributed by atoms with Crippen LogP contribution in [0.1, 0.15) is 35.6 Å².